The van der Waals surface area contributed by atoms with Crippen molar-refractivity contribution in [3.63, 3.8) is 0 Å². The van der Waals surface area contributed by atoms with Gasteiger partial charge in [0.05, 0.1) is 19.0 Å². The number of morpholine rings is 1. The van der Waals surface area contributed by atoms with E-state index in [9.17, 15) is 4.79 Å². The Morgan fingerprint density at radius 2 is 2.33 bits per heavy atom. The number of aromatic nitrogens is 1. The normalized spacial score (nSPS) is 24.8. The number of pyridine rings is 1. The molecule has 0 radical (unpaired) electrons. The number of thioether (sulfide) groups is 2. The number of hydrogen-bond acceptors (Lipinski definition) is 6. The molecule has 3 rings (SSSR count). The Morgan fingerprint density at radius 1 is 1.46 bits per heavy atom. The first-order valence-electron chi connectivity index (χ1n) is 8.42. The van der Waals surface area contributed by atoms with Gasteiger partial charge in [-0.3, -0.25) is 14.7 Å². The highest BCUT2D eigenvalue weighted by molar-refractivity contribution is 7.99. The van der Waals surface area contributed by atoms with Gasteiger partial charge < -0.3 is 10.1 Å². The van der Waals surface area contributed by atoms with Gasteiger partial charge >= 0.3 is 0 Å². The van der Waals surface area contributed by atoms with Crippen LogP contribution in [0.4, 0.5) is 0 Å². The Bertz CT molecular complexity index is 518. The van der Waals surface area contributed by atoms with Crippen LogP contribution >= 0.6 is 23.5 Å². The summed E-state index contributed by atoms with van der Waals surface area (Å²) in [6, 6.07) is 3.97. The van der Waals surface area contributed by atoms with Gasteiger partial charge in [0.15, 0.2) is 0 Å². The van der Waals surface area contributed by atoms with Gasteiger partial charge in [0.25, 0.3) is 0 Å². The molecular weight excluding hydrogens is 342 g/mol. The number of ether oxygens (including phenoxy) is 1. The molecule has 1 aromatic heterocycles. The largest absolute Gasteiger partial charge is 0.379 e. The van der Waals surface area contributed by atoms with E-state index in [1.54, 1.807) is 18.0 Å². The zero-order valence-electron chi connectivity index (χ0n) is 13.9. The number of nitrogens with zero attached hydrogens (tertiary/aromatic N) is 2. The molecular formula is C17H25N3O2S2. The maximum atomic E-state index is 12.2. The summed E-state index contributed by atoms with van der Waals surface area (Å²) >= 11 is 3.64. The minimum atomic E-state index is 0.123. The summed E-state index contributed by atoms with van der Waals surface area (Å²) in [5.74, 6) is 3.75. The molecule has 1 N–H and O–H groups in total. The van der Waals surface area contributed by atoms with Crippen LogP contribution in [0.1, 0.15) is 12.0 Å². The average molecular weight is 368 g/mol. The summed E-state index contributed by atoms with van der Waals surface area (Å²) in [6.45, 7) is 4.33. The summed E-state index contributed by atoms with van der Waals surface area (Å²) in [7, 11) is 0. The molecule has 0 bridgehead atoms. The third kappa shape index (κ3) is 4.88. The van der Waals surface area contributed by atoms with Crippen molar-refractivity contribution in [2.75, 3.05) is 50.1 Å². The molecule has 7 heteroatoms. The Balaban J connectivity index is 1.43. The summed E-state index contributed by atoms with van der Waals surface area (Å²) in [4.78, 5) is 18.8. The van der Waals surface area contributed by atoms with Crippen LogP contribution in [0.2, 0.25) is 0 Å². The van der Waals surface area contributed by atoms with Crippen molar-refractivity contribution in [2.24, 2.45) is 0 Å². The van der Waals surface area contributed by atoms with E-state index in [-0.39, 0.29) is 11.4 Å². The van der Waals surface area contributed by atoms with E-state index in [4.69, 9.17) is 4.74 Å². The van der Waals surface area contributed by atoms with Crippen molar-refractivity contribution in [2.45, 2.75) is 17.7 Å². The third-order valence-electron chi connectivity index (χ3n) is 4.60. The second kappa shape index (κ2) is 9.08. The highest BCUT2D eigenvalue weighted by Crippen LogP contribution is 2.33. The zero-order valence-corrected chi connectivity index (χ0v) is 15.5. The lowest BCUT2D eigenvalue weighted by Gasteiger charge is -2.43. The fourth-order valence-corrected chi connectivity index (χ4v) is 5.47. The molecule has 0 aliphatic carbocycles. The fraction of sp³-hybridized carbons (Fsp3) is 0.647. The van der Waals surface area contributed by atoms with E-state index in [0.29, 0.717) is 5.75 Å². The van der Waals surface area contributed by atoms with Gasteiger partial charge in [-0.25, -0.2) is 0 Å². The average Bonchev–Trinajstić information content (AvgIpc) is 3.12. The predicted molar refractivity (Wildman–Crippen MR) is 100 cm³/mol. The molecule has 3 heterocycles. The van der Waals surface area contributed by atoms with Gasteiger partial charge in [-0.2, -0.15) is 11.8 Å². The van der Waals surface area contributed by atoms with E-state index in [0.717, 1.165) is 56.3 Å². The van der Waals surface area contributed by atoms with Crippen molar-refractivity contribution in [3.8, 4) is 0 Å². The van der Waals surface area contributed by atoms with Crippen LogP contribution in [0.5, 0.6) is 0 Å². The lowest BCUT2D eigenvalue weighted by Crippen LogP contribution is -2.59. The fourth-order valence-electron chi connectivity index (χ4n) is 3.19. The van der Waals surface area contributed by atoms with E-state index < -0.39 is 0 Å². The van der Waals surface area contributed by atoms with E-state index >= 15 is 0 Å². The number of carbonyl (C=O) groups is 1. The zero-order chi connectivity index (χ0) is 16.7. The monoisotopic (exact) mass is 367 g/mol. The number of nitrogens with one attached hydrogen (secondary N) is 1. The standard InChI is InChI=1S/C17H25N3O2S2/c21-16(12-24-11-15-2-1-4-18-10-15)19-13-17(3-9-23-14-17)20-5-7-22-8-6-20/h1-2,4,10H,3,5-9,11-14H2,(H,19,21)/t17-/m0/s1. The summed E-state index contributed by atoms with van der Waals surface area (Å²) in [5, 5.41) is 3.18. The molecule has 2 aliphatic rings. The molecule has 0 aromatic carbocycles. The lowest BCUT2D eigenvalue weighted by molar-refractivity contribution is -0.119. The first-order valence-corrected chi connectivity index (χ1v) is 10.7. The highest BCUT2D eigenvalue weighted by atomic mass is 32.2. The van der Waals surface area contributed by atoms with Gasteiger partial charge in [0.2, 0.25) is 5.91 Å². The van der Waals surface area contributed by atoms with E-state index in [2.05, 4.69) is 15.2 Å². The van der Waals surface area contributed by atoms with Crippen molar-refractivity contribution >= 4 is 29.4 Å². The second-order valence-corrected chi connectivity index (χ2v) is 8.35. The quantitative estimate of drug-likeness (QED) is 0.791. The molecule has 2 aliphatic heterocycles. The smallest absolute Gasteiger partial charge is 0.230 e. The highest BCUT2D eigenvalue weighted by Gasteiger charge is 2.40. The molecule has 0 unspecified atom stereocenters. The number of amides is 1. The number of rotatable bonds is 7. The minimum Gasteiger partial charge on any atom is -0.379 e. The molecule has 1 aromatic rings. The van der Waals surface area contributed by atoms with Crippen LogP contribution in [-0.4, -0.2) is 71.4 Å². The third-order valence-corrected chi connectivity index (χ3v) is 6.84. The van der Waals surface area contributed by atoms with Gasteiger partial charge in [0, 0.05) is 49.1 Å². The molecule has 5 nitrogen and oxygen atoms in total. The van der Waals surface area contributed by atoms with Crippen LogP contribution in [0.3, 0.4) is 0 Å². The second-order valence-electron chi connectivity index (χ2n) is 6.26. The maximum Gasteiger partial charge on any atom is 0.230 e. The molecule has 2 saturated heterocycles. The van der Waals surface area contributed by atoms with Gasteiger partial charge in [0.1, 0.15) is 0 Å². The van der Waals surface area contributed by atoms with Crippen molar-refractivity contribution in [1.29, 1.82) is 0 Å². The van der Waals surface area contributed by atoms with Crippen LogP contribution in [0.15, 0.2) is 24.5 Å². The number of hydrogen-bond donors (Lipinski definition) is 1. The molecule has 2 fully saturated rings. The Kier molecular flexibility index (Phi) is 6.83. The van der Waals surface area contributed by atoms with Crippen LogP contribution in [-0.2, 0) is 15.3 Å². The molecule has 1 atom stereocenters. The molecule has 0 saturated carbocycles. The Morgan fingerprint density at radius 3 is 3.04 bits per heavy atom. The first-order chi connectivity index (χ1) is 11.8. The molecule has 132 valence electrons. The Hall–Kier alpha value is -0.760. The van der Waals surface area contributed by atoms with Crippen LogP contribution in [0.25, 0.3) is 0 Å². The summed E-state index contributed by atoms with van der Waals surface area (Å²) < 4.78 is 5.48. The summed E-state index contributed by atoms with van der Waals surface area (Å²) in [6.07, 6.45) is 4.78. The van der Waals surface area contributed by atoms with E-state index in [1.165, 1.54) is 5.75 Å². The topological polar surface area (TPSA) is 54.5 Å². The Labute approximate surface area is 152 Å². The molecule has 0 spiro atoms. The predicted octanol–water partition coefficient (Wildman–Crippen LogP) is 1.64. The SMILES string of the molecule is O=C(CSCc1cccnc1)NC[C@@]1(N2CCOCC2)CCSC1. The first kappa shape index (κ1) is 18.0. The lowest BCUT2D eigenvalue weighted by atomic mass is 9.95. The molecule has 24 heavy (non-hydrogen) atoms. The van der Waals surface area contributed by atoms with Crippen molar-refractivity contribution < 1.29 is 9.53 Å². The van der Waals surface area contributed by atoms with Gasteiger partial charge in [-0.15, -0.1) is 11.8 Å². The van der Waals surface area contributed by atoms with E-state index in [1.807, 2.05) is 30.1 Å². The maximum absolute atomic E-state index is 12.2. The summed E-state index contributed by atoms with van der Waals surface area (Å²) in [5.41, 5.74) is 1.28. The van der Waals surface area contributed by atoms with Crippen LogP contribution in [0, 0.1) is 0 Å². The minimum absolute atomic E-state index is 0.123. The van der Waals surface area contributed by atoms with Crippen LogP contribution < -0.4 is 5.32 Å². The van der Waals surface area contributed by atoms with Crippen molar-refractivity contribution in [1.82, 2.24) is 15.2 Å². The van der Waals surface area contributed by atoms with Gasteiger partial charge in [-0.05, 0) is 23.8 Å². The van der Waals surface area contributed by atoms with Gasteiger partial charge in [-0.1, -0.05) is 6.07 Å². The molecule has 1 amide bonds. The van der Waals surface area contributed by atoms with Crippen molar-refractivity contribution in [3.05, 3.63) is 30.1 Å². The number of carbonyl (C=O) groups excluding carboxylic acids is 1.